The summed E-state index contributed by atoms with van der Waals surface area (Å²) in [5.41, 5.74) is 4.27. The van der Waals surface area contributed by atoms with Crippen molar-refractivity contribution in [1.29, 1.82) is 0 Å². The van der Waals surface area contributed by atoms with Crippen molar-refractivity contribution in [3.63, 3.8) is 0 Å². The molecule has 5 heteroatoms. The average Bonchev–Trinajstić information content (AvgIpc) is 2.62. The second kappa shape index (κ2) is 10.1. The van der Waals surface area contributed by atoms with E-state index in [-0.39, 0.29) is 17.2 Å². The number of hydrogen-bond donors (Lipinski definition) is 1. The molecule has 2 rings (SSSR count). The van der Waals surface area contributed by atoms with Gasteiger partial charge in [0, 0.05) is 11.6 Å². The monoisotopic (exact) mass is 421 g/mol. The summed E-state index contributed by atoms with van der Waals surface area (Å²) in [6.07, 6.45) is 6.36. The number of sulfone groups is 1. The topological polar surface area (TPSA) is 63.2 Å². The van der Waals surface area contributed by atoms with Gasteiger partial charge in [0.2, 0.25) is 0 Å². The molecular formula is C24H39NO3S. The predicted octanol–water partition coefficient (Wildman–Crippen LogP) is 5.00. The molecule has 1 aliphatic carbocycles. The molecule has 1 amide bonds. The van der Waals surface area contributed by atoms with Crippen molar-refractivity contribution in [1.82, 2.24) is 5.32 Å². The Labute approximate surface area is 177 Å². The van der Waals surface area contributed by atoms with E-state index in [1.807, 2.05) is 19.9 Å². The first-order valence-corrected chi connectivity index (χ1v) is 12.8. The summed E-state index contributed by atoms with van der Waals surface area (Å²) in [5, 5.41) is 2.73. The molecule has 4 nitrogen and oxygen atoms in total. The van der Waals surface area contributed by atoms with Crippen LogP contribution in [0.4, 0.5) is 0 Å². The number of hydrogen-bond acceptors (Lipinski definition) is 3. The molecule has 164 valence electrons. The maximum atomic E-state index is 12.5. The lowest BCUT2D eigenvalue weighted by atomic mass is 9.80. The van der Waals surface area contributed by atoms with Gasteiger partial charge in [0.1, 0.15) is 0 Å². The lowest BCUT2D eigenvalue weighted by Crippen LogP contribution is -2.31. The first kappa shape index (κ1) is 23.9. The number of carbonyl (C=O) groups excluding carboxylic acids is 1. The van der Waals surface area contributed by atoms with Crippen LogP contribution >= 0.6 is 0 Å². The minimum absolute atomic E-state index is 0.00863. The average molecular weight is 422 g/mol. The molecule has 1 N–H and O–H groups in total. The molecular weight excluding hydrogens is 382 g/mol. The summed E-state index contributed by atoms with van der Waals surface area (Å²) < 4.78 is 24.4. The Kier molecular flexibility index (Phi) is 8.33. The predicted molar refractivity (Wildman–Crippen MR) is 121 cm³/mol. The van der Waals surface area contributed by atoms with Crippen LogP contribution in [0.25, 0.3) is 0 Å². The third-order valence-electron chi connectivity index (χ3n) is 6.30. The molecule has 0 saturated heterocycles. The summed E-state index contributed by atoms with van der Waals surface area (Å²) in [7, 11) is -2.94. The molecule has 0 heterocycles. The maximum absolute atomic E-state index is 12.5. The van der Waals surface area contributed by atoms with Crippen LogP contribution in [0.5, 0.6) is 0 Å². The Morgan fingerprint density at radius 2 is 1.62 bits per heavy atom. The van der Waals surface area contributed by atoms with Gasteiger partial charge in [-0.3, -0.25) is 4.79 Å². The highest BCUT2D eigenvalue weighted by Crippen LogP contribution is 2.33. The van der Waals surface area contributed by atoms with Gasteiger partial charge in [-0.05, 0) is 96.3 Å². The smallest absolute Gasteiger partial charge is 0.251 e. The Hall–Kier alpha value is -1.36. The van der Waals surface area contributed by atoms with Gasteiger partial charge in [-0.2, -0.15) is 0 Å². The van der Waals surface area contributed by atoms with Gasteiger partial charge in [-0.25, -0.2) is 8.42 Å². The third-order valence-corrected chi connectivity index (χ3v) is 8.67. The fraction of sp³-hybridized carbons (Fsp3) is 0.708. The molecule has 1 aliphatic rings. The van der Waals surface area contributed by atoms with Gasteiger partial charge in [0.05, 0.1) is 11.0 Å². The van der Waals surface area contributed by atoms with E-state index < -0.39 is 9.84 Å². The number of nitrogens with one attached hydrogen (secondary N) is 1. The van der Waals surface area contributed by atoms with Crippen LogP contribution < -0.4 is 5.32 Å². The minimum atomic E-state index is -2.94. The van der Waals surface area contributed by atoms with Crippen molar-refractivity contribution in [2.75, 3.05) is 5.75 Å². The molecule has 0 bridgehead atoms. The Morgan fingerprint density at radius 3 is 2.17 bits per heavy atom. The molecule has 0 unspecified atom stereocenters. The van der Waals surface area contributed by atoms with Gasteiger partial charge in [-0.1, -0.05) is 24.5 Å². The fourth-order valence-corrected chi connectivity index (χ4v) is 5.71. The van der Waals surface area contributed by atoms with Crippen molar-refractivity contribution in [2.45, 2.75) is 91.4 Å². The van der Waals surface area contributed by atoms with E-state index in [1.54, 1.807) is 13.8 Å². The van der Waals surface area contributed by atoms with E-state index in [1.165, 1.54) is 5.56 Å². The van der Waals surface area contributed by atoms with E-state index in [2.05, 4.69) is 25.2 Å². The highest BCUT2D eigenvalue weighted by atomic mass is 32.2. The highest BCUT2D eigenvalue weighted by Gasteiger charge is 2.27. The van der Waals surface area contributed by atoms with Gasteiger partial charge >= 0.3 is 0 Å². The Morgan fingerprint density at radius 1 is 1.03 bits per heavy atom. The number of amides is 1. The van der Waals surface area contributed by atoms with Crippen LogP contribution in [-0.2, 0) is 16.3 Å². The molecule has 0 spiro atoms. The number of carbonyl (C=O) groups is 1. The van der Waals surface area contributed by atoms with Crippen LogP contribution in [0.3, 0.4) is 0 Å². The standard InChI is InChI=1S/C24H39NO3S/c1-16(2)25-24(26)23-14-18(5)13-22(19(23)6)12-11-20-7-9-21(10-8-20)15-29(27,28)17(3)4/h13-14,16-17,20-21H,7-12,15H2,1-6H3,(H,25,26). The number of rotatable bonds is 8. The van der Waals surface area contributed by atoms with Crippen molar-refractivity contribution in [3.8, 4) is 0 Å². The van der Waals surface area contributed by atoms with E-state index in [4.69, 9.17) is 0 Å². The first-order chi connectivity index (χ1) is 13.5. The largest absolute Gasteiger partial charge is 0.350 e. The van der Waals surface area contributed by atoms with E-state index >= 15 is 0 Å². The molecule has 0 radical (unpaired) electrons. The highest BCUT2D eigenvalue weighted by molar-refractivity contribution is 7.91. The molecule has 1 fully saturated rings. The van der Waals surface area contributed by atoms with Crippen LogP contribution in [0.15, 0.2) is 12.1 Å². The normalized spacial score (nSPS) is 20.3. The van der Waals surface area contributed by atoms with Crippen LogP contribution in [-0.4, -0.2) is 31.4 Å². The number of benzene rings is 1. The van der Waals surface area contributed by atoms with Crippen molar-refractivity contribution in [2.24, 2.45) is 11.8 Å². The zero-order chi connectivity index (χ0) is 21.8. The van der Waals surface area contributed by atoms with Crippen LogP contribution in [0, 0.1) is 25.7 Å². The van der Waals surface area contributed by atoms with Gasteiger partial charge in [0.25, 0.3) is 5.91 Å². The van der Waals surface area contributed by atoms with Crippen molar-refractivity contribution < 1.29 is 13.2 Å². The fourth-order valence-electron chi connectivity index (χ4n) is 4.34. The molecule has 1 aromatic rings. The molecule has 0 atom stereocenters. The Bertz CT molecular complexity index is 804. The molecule has 1 saturated carbocycles. The van der Waals surface area contributed by atoms with Crippen LogP contribution in [0.2, 0.25) is 0 Å². The second-order valence-electron chi connectivity index (χ2n) is 9.53. The minimum Gasteiger partial charge on any atom is -0.350 e. The van der Waals surface area contributed by atoms with Gasteiger partial charge in [-0.15, -0.1) is 0 Å². The van der Waals surface area contributed by atoms with Gasteiger partial charge < -0.3 is 5.32 Å². The summed E-state index contributed by atoms with van der Waals surface area (Å²) in [6.45, 7) is 11.6. The zero-order valence-corrected chi connectivity index (χ0v) is 19.9. The van der Waals surface area contributed by atoms with Crippen molar-refractivity contribution >= 4 is 15.7 Å². The Balaban J connectivity index is 1.94. The summed E-state index contributed by atoms with van der Waals surface area (Å²) >= 11 is 0. The second-order valence-corrected chi connectivity index (χ2v) is 12.1. The van der Waals surface area contributed by atoms with E-state index in [0.717, 1.165) is 55.2 Å². The molecule has 0 aromatic heterocycles. The zero-order valence-electron chi connectivity index (χ0n) is 19.0. The number of aryl methyl sites for hydroxylation is 2. The van der Waals surface area contributed by atoms with E-state index in [9.17, 15) is 13.2 Å². The molecule has 29 heavy (non-hydrogen) atoms. The third kappa shape index (κ3) is 6.84. The summed E-state index contributed by atoms with van der Waals surface area (Å²) in [6, 6.07) is 4.32. The molecule has 0 aliphatic heterocycles. The maximum Gasteiger partial charge on any atom is 0.251 e. The summed E-state index contributed by atoms with van der Waals surface area (Å²) in [4.78, 5) is 12.5. The SMILES string of the molecule is Cc1cc(CCC2CCC(CS(=O)(=O)C(C)C)CC2)c(C)c(C(=O)NC(C)C)c1. The molecule has 1 aromatic carbocycles. The van der Waals surface area contributed by atoms with Crippen LogP contribution in [0.1, 0.15) is 86.8 Å². The van der Waals surface area contributed by atoms with Crippen molar-refractivity contribution in [3.05, 3.63) is 34.4 Å². The van der Waals surface area contributed by atoms with Gasteiger partial charge in [0.15, 0.2) is 9.84 Å². The lowest BCUT2D eigenvalue weighted by Gasteiger charge is -2.29. The van der Waals surface area contributed by atoms with E-state index in [0.29, 0.717) is 17.6 Å². The first-order valence-electron chi connectivity index (χ1n) is 11.1. The summed E-state index contributed by atoms with van der Waals surface area (Å²) in [5.74, 6) is 1.34. The lowest BCUT2D eigenvalue weighted by molar-refractivity contribution is 0.0942. The quantitative estimate of drug-likeness (QED) is 0.642.